The van der Waals surface area contributed by atoms with Gasteiger partial charge in [-0.3, -0.25) is 15.0 Å². The van der Waals surface area contributed by atoms with Gasteiger partial charge in [0.1, 0.15) is 6.61 Å². The van der Waals surface area contributed by atoms with E-state index in [1.54, 1.807) is 18.4 Å². The van der Waals surface area contributed by atoms with Gasteiger partial charge in [0.15, 0.2) is 5.13 Å². The molecule has 0 aliphatic carbocycles. The van der Waals surface area contributed by atoms with Gasteiger partial charge in [-0.15, -0.1) is 11.3 Å². The maximum atomic E-state index is 11.8. The molecule has 130 valence electrons. The predicted octanol–water partition coefficient (Wildman–Crippen LogP) is 2.28. The van der Waals surface area contributed by atoms with Gasteiger partial charge in [-0.1, -0.05) is 6.92 Å². The zero-order valence-electron chi connectivity index (χ0n) is 14.3. The predicted molar refractivity (Wildman–Crippen MR) is 91.9 cm³/mol. The molecule has 7 heteroatoms. The highest BCUT2D eigenvalue weighted by molar-refractivity contribution is 7.15. The molecular weight excluding hydrogens is 314 g/mol. The molecule has 6 nitrogen and oxygen atoms in total. The van der Waals surface area contributed by atoms with Crippen LogP contribution in [-0.4, -0.2) is 55.8 Å². The third-order valence-corrected chi connectivity index (χ3v) is 5.11. The van der Waals surface area contributed by atoms with Crippen LogP contribution >= 0.6 is 11.3 Å². The summed E-state index contributed by atoms with van der Waals surface area (Å²) in [4.78, 5) is 20.0. The van der Waals surface area contributed by atoms with Crippen molar-refractivity contribution in [2.45, 2.75) is 33.2 Å². The van der Waals surface area contributed by atoms with Crippen molar-refractivity contribution < 1.29 is 14.3 Å². The van der Waals surface area contributed by atoms with Crippen LogP contribution in [0.3, 0.4) is 0 Å². The molecule has 1 saturated heterocycles. The molecule has 0 atom stereocenters. The van der Waals surface area contributed by atoms with E-state index in [4.69, 9.17) is 9.47 Å². The number of piperidine rings is 1. The zero-order chi connectivity index (χ0) is 16.7. The minimum absolute atomic E-state index is 0.0291. The van der Waals surface area contributed by atoms with Crippen LogP contribution in [0.2, 0.25) is 0 Å². The molecule has 0 unspecified atom stereocenters. The van der Waals surface area contributed by atoms with Crippen molar-refractivity contribution in [3.63, 3.8) is 0 Å². The largest absolute Gasteiger partial charge is 0.382 e. The lowest BCUT2D eigenvalue weighted by Gasteiger charge is -2.29. The summed E-state index contributed by atoms with van der Waals surface area (Å²) in [6.45, 7) is 8.47. The van der Waals surface area contributed by atoms with E-state index in [9.17, 15) is 4.79 Å². The van der Waals surface area contributed by atoms with E-state index in [1.165, 1.54) is 17.7 Å². The third-order valence-electron chi connectivity index (χ3n) is 4.05. The highest BCUT2D eigenvalue weighted by atomic mass is 32.1. The number of methoxy groups -OCH3 is 1. The van der Waals surface area contributed by atoms with Crippen LogP contribution < -0.4 is 5.32 Å². The first-order valence-corrected chi connectivity index (χ1v) is 8.95. The number of amides is 1. The van der Waals surface area contributed by atoms with E-state index in [0.717, 1.165) is 31.2 Å². The molecule has 1 aliphatic rings. The summed E-state index contributed by atoms with van der Waals surface area (Å²) in [7, 11) is 1.60. The third kappa shape index (κ3) is 6.18. The Labute approximate surface area is 142 Å². The van der Waals surface area contributed by atoms with E-state index in [0.29, 0.717) is 18.3 Å². The van der Waals surface area contributed by atoms with Gasteiger partial charge in [0.05, 0.1) is 18.9 Å². The standard InChI is InChI=1S/C16H27N3O3S/c1-12-4-6-19(7-5-12)10-14-13(2)17-16(23-14)18-15(20)11-22-9-8-21-3/h12H,4-11H2,1-3H3,(H,17,18,20). The number of ether oxygens (including phenoxy) is 2. The molecular formula is C16H27N3O3S. The normalized spacial score (nSPS) is 16.7. The van der Waals surface area contributed by atoms with Crippen LogP contribution in [0.1, 0.15) is 30.3 Å². The van der Waals surface area contributed by atoms with Crippen LogP contribution in [0.25, 0.3) is 0 Å². The molecule has 2 heterocycles. The fourth-order valence-corrected chi connectivity index (χ4v) is 3.54. The summed E-state index contributed by atoms with van der Waals surface area (Å²) in [5.74, 6) is 0.662. The molecule has 0 spiro atoms. The topological polar surface area (TPSA) is 63.7 Å². The molecule has 1 aromatic heterocycles. The molecule has 2 rings (SSSR count). The van der Waals surface area contributed by atoms with Gasteiger partial charge >= 0.3 is 0 Å². The fraction of sp³-hybridized carbons (Fsp3) is 0.750. The van der Waals surface area contributed by atoms with Gasteiger partial charge in [0.2, 0.25) is 0 Å². The second kappa shape index (κ2) is 9.32. The van der Waals surface area contributed by atoms with Crippen molar-refractivity contribution in [3.8, 4) is 0 Å². The number of carbonyl (C=O) groups is 1. The number of aryl methyl sites for hydroxylation is 1. The summed E-state index contributed by atoms with van der Waals surface area (Å²) in [6.07, 6.45) is 2.53. The first-order chi connectivity index (χ1) is 11.1. The van der Waals surface area contributed by atoms with Gasteiger partial charge in [0.25, 0.3) is 5.91 Å². The second-order valence-corrected chi connectivity index (χ2v) is 7.16. The summed E-state index contributed by atoms with van der Waals surface area (Å²) in [6, 6.07) is 0. The molecule has 1 aromatic rings. The molecule has 1 N–H and O–H groups in total. The van der Waals surface area contributed by atoms with Crippen LogP contribution in [0, 0.1) is 12.8 Å². The minimum Gasteiger partial charge on any atom is -0.382 e. The van der Waals surface area contributed by atoms with Crippen molar-refractivity contribution in [2.24, 2.45) is 5.92 Å². The number of hydrogen-bond acceptors (Lipinski definition) is 6. The number of rotatable bonds is 8. The smallest absolute Gasteiger partial charge is 0.252 e. The van der Waals surface area contributed by atoms with Gasteiger partial charge in [-0.05, 0) is 38.8 Å². The summed E-state index contributed by atoms with van der Waals surface area (Å²) < 4.78 is 10.1. The molecule has 0 aromatic carbocycles. The molecule has 0 bridgehead atoms. The second-order valence-electron chi connectivity index (χ2n) is 6.08. The highest BCUT2D eigenvalue weighted by Crippen LogP contribution is 2.26. The molecule has 0 radical (unpaired) electrons. The number of thiazole rings is 1. The highest BCUT2D eigenvalue weighted by Gasteiger charge is 2.18. The molecule has 0 saturated carbocycles. The number of anilines is 1. The molecule has 1 fully saturated rings. The SMILES string of the molecule is COCCOCC(=O)Nc1nc(C)c(CN2CCC(C)CC2)s1. The average Bonchev–Trinajstić information content (AvgIpc) is 2.85. The zero-order valence-corrected chi connectivity index (χ0v) is 15.1. The van der Waals surface area contributed by atoms with Gasteiger partial charge in [-0.2, -0.15) is 0 Å². The Morgan fingerprint density at radius 2 is 2.13 bits per heavy atom. The van der Waals surface area contributed by atoms with Gasteiger partial charge in [-0.25, -0.2) is 4.98 Å². The number of hydrogen-bond donors (Lipinski definition) is 1. The minimum atomic E-state index is -0.173. The van der Waals surface area contributed by atoms with Crippen molar-refractivity contribution in [2.75, 3.05) is 45.3 Å². The monoisotopic (exact) mass is 341 g/mol. The number of likely N-dealkylation sites (tertiary alicyclic amines) is 1. The fourth-order valence-electron chi connectivity index (χ4n) is 2.51. The van der Waals surface area contributed by atoms with Crippen LogP contribution in [0.5, 0.6) is 0 Å². The van der Waals surface area contributed by atoms with Crippen LogP contribution in [0.15, 0.2) is 0 Å². The lowest BCUT2D eigenvalue weighted by atomic mass is 9.99. The lowest BCUT2D eigenvalue weighted by molar-refractivity contribution is -0.121. The van der Waals surface area contributed by atoms with E-state index >= 15 is 0 Å². The number of nitrogens with zero attached hydrogens (tertiary/aromatic N) is 2. The summed E-state index contributed by atoms with van der Waals surface area (Å²) >= 11 is 1.56. The van der Waals surface area contributed by atoms with E-state index in [-0.39, 0.29) is 12.5 Å². The van der Waals surface area contributed by atoms with E-state index in [2.05, 4.69) is 22.1 Å². The van der Waals surface area contributed by atoms with E-state index in [1.807, 2.05) is 6.92 Å². The molecule has 1 amide bonds. The Hall–Kier alpha value is -1.02. The Kier molecular flexibility index (Phi) is 7.42. The number of nitrogens with one attached hydrogen (secondary N) is 1. The first kappa shape index (κ1) is 18.3. The molecule has 23 heavy (non-hydrogen) atoms. The Bertz CT molecular complexity index is 499. The van der Waals surface area contributed by atoms with Crippen molar-refractivity contribution in [3.05, 3.63) is 10.6 Å². The Morgan fingerprint density at radius 3 is 2.83 bits per heavy atom. The van der Waals surface area contributed by atoms with Crippen molar-refractivity contribution in [1.29, 1.82) is 0 Å². The van der Waals surface area contributed by atoms with Crippen molar-refractivity contribution in [1.82, 2.24) is 9.88 Å². The number of aromatic nitrogens is 1. The van der Waals surface area contributed by atoms with Gasteiger partial charge < -0.3 is 9.47 Å². The average molecular weight is 341 g/mol. The maximum Gasteiger partial charge on any atom is 0.252 e. The summed E-state index contributed by atoms with van der Waals surface area (Å²) in [5.41, 5.74) is 1.00. The lowest BCUT2D eigenvalue weighted by Crippen LogP contribution is -2.32. The quantitative estimate of drug-likeness (QED) is 0.735. The van der Waals surface area contributed by atoms with Crippen LogP contribution in [0.4, 0.5) is 5.13 Å². The molecule has 1 aliphatic heterocycles. The Balaban J connectivity index is 1.79. The van der Waals surface area contributed by atoms with Crippen LogP contribution in [-0.2, 0) is 20.8 Å². The van der Waals surface area contributed by atoms with Crippen molar-refractivity contribution >= 4 is 22.4 Å². The summed E-state index contributed by atoms with van der Waals surface area (Å²) in [5, 5.41) is 3.46. The maximum absolute atomic E-state index is 11.8. The van der Waals surface area contributed by atoms with Gasteiger partial charge in [0, 0.05) is 18.5 Å². The number of carbonyl (C=O) groups excluding carboxylic acids is 1. The van der Waals surface area contributed by atoms with E-state index < -0.39 is 0 Å². The first-order valence-electron chi connectivity index (χ1n) is 8.13. The Morgan fingerprint density at radius 1 is 1.39 bits per heavy atom.